The molecule has 1 unspecified atom stereocenters. The molecule has 2 aromatic rings. The lowest BCUT2D eigenvalue weighted by Crippen LogP contribution is -2.38. The van der Waals surface area contributed by atoms with Crippen LogP contribution in [0.25, 0.3) is 11.3 Å². The highest BCUT2D eigenvalue weighted by Crippen LogP contribution is 2.24. The first kappa shape index (κ1) is 18.2. The monoisotopic (exact) mass is 341 g/mol. The van der Waals surface area contributed by atoms with Gasteiger partial charge >= 0.3 is 0 Å². The van der Waals surface area contributed by atoms with Crippen LogP contribution in [0.4, 0.5) is 0 Å². The summed E-state index contributed by atoms with van der Waals surface area (Å²) in [5, 5.41) is 9.42. The molecule has 0 bridgehead atoms. The second-order valence-electron chi connectivity index (χ2n) is 7.19. The molecule has 1 aliphatic heterocycles. The molecule has 25 heavy (non-hydrogen) atoms. The van der Waals surface area contributed by atoms with Gasteiger partial charge in [0.2, 0.25) is 0 Å². The second-order valence-corrected chi connectivity index (χ2v) is 7.19. The van der Waals surface area contributed by atoms with E-state index in [1.807, 2.05) is 6.33 Å². The Morgan fingerprint density at radius 1 is 1.20 bits per heavy atom. The van der Waals surface area contributed by atoms with E-state index in [1.165, 1.54) is 30.5 Å². The van der Waals surface area contributed by atoms with E-state index in [-0.39, 0.29) is 0 Å². The minimum atomic E-state index is 0.321. The van der Waals surface area contributed by atoms with Crippen LogP contribution in [0.3, 0.4) is 0 Å². The highest BCUT2D eigenvalue weighted by Gasteiger charge is 2.19. The summed E-state index contributed by atoms with van der Waals surface area (Å²) in [6, 6.07) is 10.5. The molecule has 0 radical (unpaired) electrons. The molecule has 3 rings (SSSR count). The minimum Gasteiger partial charge on any atom is -0.396 e. The maximum absolute atomic E-state index is 9.42. The van der Waals surface area contributed by atoms with Crippen molar-refractivity contribution in [3.63, 3.8) is 0 Å². The van der Waals surface area contributed by atoms with Gasteiger partial charge in [-0.3, -0.25) is 0 Å². The molecule has 0 saturated carbocycles. The standard InChI is InChI=1S/C21H31N3O/c1-2-3-11-20-21(19-9-5-4-6-10-19)22-17-24(20)14-13-23-12-7-8-18(15-23)16-25/h4-6,9-10,17-18,25H,2-3,7-8,11-16H2,1H3. The summed E-state index contributed by atoms with van der Waals surface area (Å²) < 4.78 is 2.35. The number of unbranched alkanes of at least 4 members (excludes halogenated alkanes) is 1. The number of aliphatic hydroxyl groups is 1. The van der Waals surface area contributed by atoms with Crippen LogP contribution in [0, 0.1) is 5.92 Å². The smallest absolute Gasteiger partial charge is 0.0956 e. The van der Waals surface area contributed by atoms with Crippen molar-refractivity contribution in [2.24, 2.45) is 5.92 Å². The van der Waals surface area contributed by atoms with Crippen LogP contribution in [0.1, 0.15) is 38.3 Å². The van der Waals surface area contributed by atoms with E-state index < -0.39 is 0 Å². The van der Waals surface area contributed by atoms with Crippen molar-refractivity contribution in [3.05, 3.63) is 42.4 Å². The number of hydrogen-bond donors (Lipinski definition) is 1. The molecule has 0 amide bonds. The van der Waals surface area contributed by atoms with E-state index in [0.717, 1.165) is 44.7 Å². The summed E-state index contributed by atoms with van der Waals surface area (Å²) in [5.41, 5.74) is 3.72. The molecule has 1 atom stereocenters. The Hall–Kier alpha value is -1.65. The largest absolute Gasteiger partial charge is 0.396 e. The molecule has 2 heterocycles. The van der Waals surface area contributed by atoms with Gasteiger partial charge in [-0.1, -0.05) is 43.7 Å². The van der Waals surface area contributed by atoms with Gasteiger partial charge in [-0.2, -0.15) is 0 Å². The first-order chi connectivity index (χ1) is 12.3. The van der Waals surface area contributed by atoms with Crippen molar-refractivity contribution in [2.75, 3.05) is 26.2 Å². The van der Waals surface area contributed by atoms with E-state index in [1.54, 1.807) is 0 Å². The quantitative estimate of drug-likeness (QED) is 0.798. The molecule has 4 nitrogen and oxygen atoms in total. The number of aromatic nitrogens is 2. The molecular formula is C21H31N3O. The Bertz CT molecular complexity index is 638. The van der Waals surface area contributed by atoms with Crippen LogP contribution in [0.5, 0.6) is 0 Å². The molecule has 1 saturated heterocycles. The van der Waals surface area contributed by atoms with Gasteiger partial charge in [0.25, 0.3) is 0 Å². The van der Waals surface area contributed by atoms with E-state index in [2.05, 4.69) is 46.7 Å². The number of likely N-dealkylation sites (tertiary alicyclic amines) is 1. The Morgan fingerprint density at radius 2 is 2.04 bits per heavy atom. The summed E-state index contributed by atoms with van der Waals surface area (Å²) >= 11 is 0. The average molecular weight is 341 g/mol. The van der Waals surface area contributed by atoms with Crippen LogP contribution in [-0.2, 0) is 13.0 Å². The number of imidazole rings is 1. The summed E-state index contributed by atoms with van der Waals surface area (Å²) in [6.45, 7) is 6.77. The predicted molar refractivity (Wildman–Crippen MR) is 103 cm³/mol. The van der Waals surface area contributed by atoms with E-state index in [9.17, 15) is 5.11 Å². The molecule has 0 aliphatic carbocycles. The van der Waals surface area contributed by atoms with Gasteiger partial charge in [0.1, 0.15) is 0 Å². The fraction of sp³-hybridized carbons (Fsp3) is 0.571. The van der Waals surface area contributed by atoms with Crippen LogP contribution < -0.4 is 0 Å². The number of rotatable bonds is 8. The van der Waals surface area contributed by atoms with Gasteiger partial charge in [0.05, 0.1) is 12.0 Å². The molecule has 1 N–H and O–H groups in total. The highest BCUT2D eigenvalue weighted by atomic mass is 16.3. The average Bonchev–Trinajstić information content (AvgIpc) is 3.08. The Morgan fingerprint density at radius 3 is 2.80 bits per heavy atom. The molecule has 0 spiro atoms. The van der Waals surface area contributed by atoms with Gasteiger partial charge in [-0.05, 0) is 38.1 Å². The lowest BCUT2D eigenvalue weighted by molar-refractivity contribution is 0.117. The molecular weight excluding hydrogens is 310 g/mol. The normalized spacial score (nSPS) is 18.6. The fourth-order valence-corrected chi connectivity index (χ4v) is 3.80. The number of piperidine rings is 1. The number of hydrogen-bond acceptors (Lipinski definition) is 3. The van der Waals surface area contributed by atoms with Crippen LogP contribution in [0.2, 0.25) is 0 Å². The van der Waals surface area contributed by atoms with Crippen molar-refractivity contribution < 1.29 is 5.11 Å². The van der Waals surface area contributed by atoms with Crippen molar-refractivity contribution in [1.29, 1.82) is 0 Å². The molecule has 1 fully saturated rings. The Labute approximate surface area is 151 Å². The summed E-state index contributed by atoms with van der Waals surface area (Å²) in [5.74, 6) is 0.455. The van der Waals surface area contributed by atoms with Gasteiger partial charge in [-0.15, -0.1) is 0 Å². The lowest BCUT2D eigenvalue weighted by atomic mass is 9.99. The van der Waals surface area contributed by atoms with Crippen molar-refractivity contribution >= 4 is 0 Å². The van der Waals surface area contributed by atoms with E-state index >= 15 is 0 Å². The zero-order valence-corrected chi connectivity index (χ0v) is 15.4. The summed E-state index contributed by atoms with van der Waals surface area (Å²) in [7, 11) is 0. The van der Waals surface area contributed by atoms with E-state index in [4.69, 9.17) is 4.98 Å². The zero-order chi connectivity index (χ0) is 17.5. The maximum atomic E-state index is 9.42. The fourth-order valence-electron chi connectivity index (χ4n) is 3.80. The van der Waals surface area contributed by atoms with Crippen LogP contribution in [0.15, 0.2) is 36.7 Å². The molecule has 4 heteroatoms. The molecule has 1 aliphatic rings. The first-order valence-corrected chi connectivity index (χ1v) is 9.74. The topological polar surface area (TPSA) is 41.3 Å². The third-order valence-electron chi connectivity index (χ3n) is 5.28. The zero-order valence-electron chi connectivity index (χ0n) is 15.4. The van der Waals surface area contributed by atoms with Crippen molar-refractivity contribution in [1.82, 2.24) is 14.5 Å². The SMILES string of the molecule is CCCCc1c(-c2ccccc2)ncn1CCN1CCCC(CO)C1. The van der Waals surface area contributed by atoms with E-state index in [0.29, 0.717) is 12.5 Å². The summed E-state index contributed by atoms with van der Waals surface area (Å²) in [4.78, 5) is 7.23. The highest BCUT2D eigenvalue weighted by molar-refractivity contribution is 5.61. The molecule has 1 aromatic heterocycles. The van der Waals surface area contributed by atoms with Gasteiger partial charge in [-0.25, -0.2) is 4.98 Å². The maximum Gasteiger partial charge on any atom is 0.0956 e. The minimum absolute atomic E-state index is 0.321. The Kier molecular flexibility index (Phi) is 6.65. The Balaban J connectivity index is 1.71. The predicted octanol–water partition coefficient (Wildman–Crippen LogP) is 3.60. The van der Waals surface area contributed by atoms with Crippen LogP contribution in [-0.4, -0.2) is 45.8 Å². The van der Waals surface area contributed by atoms with Crippen molar-refractivity contribution in [2.45, 2.75) is 45.6 Å². The number of benzene rings is 1. The third-order valence-corrected chi connectivity index (χ3v) is 5.28. The molecule has 1 aromatic carbocycles. The van der Waals surface area contributed by atoms with Gasteiger partial charge < -0.3 is 14.6 Å². The van der Waals surface area contributed by atoms with Gasteiger partial charge in [0.15, 0.2) is 0 Å². The van der Waals surface area contributed by atoms with Crippen LogP contribution >= 0.6 is 0 Å². The third kappa shape index (κ3) is 4.71. The number of aliphatic hydroxyl groups excluding tert-OH is 1. The van der Waals surface area contributed by atoms with Crippen molar-refractivity contribution in [3.8, 4) is 11.3 Å². The second kappa shape index (κ2) is 9.16. The van der Waals surface area contributed by atoms with Gasteiger partial charge in [0, 0.05) is 37.5 Å². The number of nitrogens with zero attached hydrogens (tertiary/aromatic N) is 3. The lowest BCUT2D eigenvalue weighted by Gasteiger charge is -2.31. The molecule has 136 valence electrons. The first-order valence-electron chi connectivity index (χ1n) is 9.74. The summed E-state index contributed by atoms with van der Waals surface area (Å²) in [6.07, 6.45) is 7.86.